The summed E-state index contributed by atoms with van der Waals surface area (Å²) in [6, 6.07) is 6.72. The predicted octanol–water partition coefficient (Wildman–Crippen LogP) is 1.76. The SMILES string of the molecule is COc1ccc(CN2CC(C)OCC2C)cc1CN. The average Bonchev–Trinajstić information content (AvgIpc) is 2.42. The molecule has 0 bridgehead atoms. The van der Waals surface area contributed by atoms with Crippen molar-refractivity contribution < 1.29 is 9.47 Å². The maximum absolute atomic E-state index is 5.76. The van der Waals surface area contributed by atoms with E-state index in [1.54, 1.807) is 7.11 Å². The number of nitrogens with zero attached hydrogens (tertiary/aromatic N) is 1. The van der Waals surface area contributed by atoms with Crippen molar-refractivity contribution in [1.29, 1.82) is 0 Å². The number of hydrogen-bond donors (Lipinski definition) is 1. The van der Waals surface area contributed by atoms with Crippen molar-refractivity contribution in [3.05, 3.63) is 29.3 Å². The Bertz CT molecular complexity index is 423. The third-order valence-corrected chi connectivity index (χ3v) is 3.69. The molecule has 2 atom stereocenters. The lowest BCUT2D eigenvalue weighted by molar-refractivity contribution is -0.0526. The molecule has 0 radical (unpaired) electrons. The quantitative estimate of drug-likeness (QED) is 0.900. The van der Waals surface area contributed by atoms with Crippen LogP contribution in [-0.2, 0) is 17.8 Å². The van der Waals surface area contributed by atoms with Crippen molar-refractivity contribution in [3.63, 3.8) is 0 Å². The highest BCUT2D eigenvalue weighted by Crippen LogP contribution is 2.22. The van der Waals surface area contributed by atoms with E-state index in [2.05, 4.69) is 30.9 Å². The summed E-state index contributed by atoms with van der Waals surface area (Å²) < 4.78 is 11.0. The van der Waals surface area contributed by atoms with Gasteiger partial charge in [-0.05, 0) is 31.5 Å². The van der Waals surface area contributed by atoms with Crippen LogP contribution in [0.25, 0.3) is 0 Å². The molecular formula is C15H24N2O2. The van der Waals surface area contributed by atoms with Crippen LogP contribution < -0.4 is 10.5 Å². The van der Waals surface area contributed by atoms with E-state index in [0.29, 0.717) is 18.7 Å². The fourth-order valence-electron chi connectivity index (χ4n) is 2.52. The van der Waals surface area contributed by atoms with Crippen LogP contribution in [0.2, 0.25) is 0 Å². The van der Waals surface area contributed by atoms with Crippen molar-refractivity contribution >= 4 is 0 Å². The first-order valence-corrected chi connectivity index (χ1v) is 6.85. The van der Waals surface area contributed by atoms with E-state index in [9.17, 15) is 0 Å². The Morgan fingerprint density at radius 1 is 1.42 bits per heavy atom. The molecular weight excluding hydrogens is 240 g/mol. The number of methoxy groups -OCH3 is 1. The normalized spacial score (nSPS) is 24.4. The van der Waals surface area contributed by atoms with E-state index < -0.39 is 0 Å². The minimum absolute atomic E-state index is 0.309. The lowest BCUT2D eigenvalue weighted by atomic mass is 10.1. The highest BCUT2D eigenvalue weighted by molar-refractivity contribution is 5.37. The fourth-order valence-corrected chi connectivity index (χ4v) is 2.52. The summed E-state index contributed by atoms with van der Waals surface area (Å²) in [7, 11) is 1.68. The molecule has 2 rings (SSSR count). The summed E-state index contributed by atoms with van der Waals surface area (Å²) in [5.41, 5.74) is 8.11. The van der Waals surface area contributed by atoms with Gasteiger partial charge in [-0.1, -0.05) is 6.07 Å². The molecule has 1 aliphatic rings. The van der Waals surface area contributed by atoms with Gasteiger partial charge in [0.1, 0.15) is 5.75 Å². The molecule has 2 N–H and O–H groups in total. The second kappa shape index (κ2) is 6.37. The Labute approximate surface area is 115 Å². The van der Waals surface area contributed by atoms with E-state index in [4.69, 9.17) is 15.2 Å². The molecule has 0 amide bonds. The summed E-state index contributed by atoms with van der Waals surface area (Å²) in [5, 5.41) is 0. The molecule has 2 unspecified atom stereocenters. The molecule has 1 aliphatic heterocycles. The first kappa shape index (κ1) is 14.3. The van der Waals surface area contributed by atoms with Gasteiger partial charge < -0.3 is 15.2 Å². The summed E-state index contributed by atoms with van der Waals surface area (Å²) in [6.45, 7) is 7.56. The van der Waals surface area contributed by atoms with Crippen molar-refractivity contribution in [2.45, 2.75) is 39.1 Å². The Morgan fingerprint density at radius 3 is 2.89 bits per heavy atom. The minimum Gasteiger partial charge on any atom is -0.496 e. The van der Waals surface area contributed by atoms with Gasteiger partial charge in [-0.25, -0.2) is 0 Å². The van der Waals surface area contributed by atoms with Crippen molar-refractivity contribution in [1.82, 2.24) is 4.90 Å². The van der Waals surface area contributed by atoms with Gasteiger partial charge in [-0.2, -0.15) is 0 Å². The molecule has 1 fully saturated rings. The van der Waals surface area contributed by atoms with Crippen LogP contribution in [0, 0.1) is 0 Å². The van der Waals surface area contributed by atoms with E-state index in [1.807, 2.05) is 6.07 Å². The first-order valence-electron chi connectivity index (χ1n) is 6.85. The highest BCUT2D eigenvalue weighted by atomic mass is 16.5. The van der Waals surface area contributed by atoms with Crippen molar-refractivity contribution in [2.75, 3.05) is 20.3 Å². The number of nitrogens with two attached hydrogens (primary N) is 1. The van der Waals surface area contributed by atoms with Crippen molar-refractivity contribution in [2.24, 2.45) is 5.73 Å². The molecule has 0 aliphatic carbocycles. The topological polar surface area (TPSA) is 47.7 Å². The summed E-state index contributed by atoms with van der Waals surface area (Å²) >= 11 is 0. The van der Waals surface area contributed by atoms with Gasteiger partial charge in [0, 0.05) is 31.2 Å². The number of ether oxygens (including phenoxy) is 2. The first-order chi connectivity index (χ1) is 9.13. The summed E-state index contributed by atoms with van der Waals surface area (Å²) in [4.78, 5) is 2.45. The predicted molar refractivity (Wildman–Crippen MR) is 76.2 cm³/mol. The second-order valence-corrected chi connectivity index (χ2v) is 5.27. The fraction of sp³-hybridized carbons (Fsp3) is 0.600. The Morgan fingerprint density at radius 2 is 2.21 bits per heavy atom. The third kappa shape index (κ3) is 3.47. The average molecular weight is 264 g/mol. The van der Waals surface area contributed by atoms with Gasteiger partial charge in [0.2, 0.25) is 0 Å². The number of morpholine rings is 1. The molecule has 19 heavy (non-hydrogen) atoms. The van der Waals surface area contributed by atoms with Gasteiger partial charge in [-0.15, -0.1) is 0 Å². The second-order valence-electron chi connectivity index (χ2n) is 5.27. The van der Waals surface area contributed by atoms with Crippen molar-refractivity contribution in [3.8, 4) is 5.75 Å². The molecule has 0 saturated carbocycles. The van der Waals surface area contributed by atoms with Gasteiger partial charge in [0.05, 0.1) is 19.8 Å². The summed E-state index contributed by atoms with van der Waals surface area (Å²) in [6.07, 6.45) is 0.309. The van der Waals surface area contributed by atoms with Crippen LogP contribution in [-0.4, -0.2) is 37.3 Å². The maximum Gasteiger partial charge on any atom is 0.123 e. The number of rotatable bonds is 4. The van der Waals surface area contributed by atoms with Crippen LogP contribution in [0.4, 0.5) is 0 Å². The monoisotopic (exact) mass is 264 g/mol. The lowest BCUT2D eigenvalue weighted by Crippen LogP contribution is -2.46. The van der Waals surface area contributed by atoms with Crippen LogP contribution in [0.1, 0.15) is 25.0 Å². The molecule has 1 aromatic rings. The van der Waals surface area contributed by atoms with Crippen LogP contribution >= 0.6 is 0 Å². The molecule has 0 aromatic heterocycles. The largest absolute Gasteiger partial charge is 0.496 e. The van der Waals surface area contributed by atoms with E-state index in [0.717, 1.165) is 31.0 Å². The zero-order valence-corrected chi connectivity index (χ0v) is 12.1. The van der Waals surface area contributed by atoms with Crippen LogP contribution in [0.5, 0.6) is 5.75 Å². The Balaban J connectivity index is 2.09. The molecule has 1 heterocycles. The lowest BCUT2D eigenvalue weighted by Gasteiger charge is -2.36. The number of benzene rings is 1. The van der Waals surface area contributed by atoms with Gasteiger partial charge >= 0.3 is 0 Å². The smallest absolute Gasteiger partial charge is 0.123 e. The van der Waals surface area contributed by atoms with E-state index in [-0.39, 0.29) is 0 Å². The van der Waals surface area contributed by atoms with Crippen LogP contribution in [0.15, 0.2) is 18.2 Å². The third-order valence-electron chi connectivity index (χ3n) is 3.69. The Hall–Kier alpha value is -1.10. The Kier molecular flexibility index (Phi) is 4.80. The molecule has 106 valence electrons. The van der Waals surface area contributed by atoms with E-state index in [1.165, 1.54) is 5.56 Å². The van der Waals surface area contributed by atoms with Gasteiger partial charge in [0.15, 0.2) is 0 Å². The highest BCUT2D eigenvalue weighted by Gasteiger charge is 2.23. The zero-order valence-electron chi connectivity index (χ0n) is 12.1. The molecule has 0 spiro atoms. The molecule has 1 aromatic carbocycles. The van der Waals surface area contributed by atoms with Gasteiger partial charge in [0.25, 0.3) is 0 Å². The zero-order chi connectivity index (χ0) is 13.8. The minimum atomic E-state index is 0.309. The molecule has 4 nitrogen and oxygen atoms in total. The van der Waals surface area contributed by atoms with Gasteiger partial charge in [-0.3, -0.25) is 4.90 Å². The standard InChI is InChI=1S/C15H24N2O2/c1-11-10-19-12(2)8-17(11)9-13-4-5-15(18-3)14(6-13)7-16/h4-6,11-12H,7-10,16H2,1-3H3. The molecule has 1 saturated heterocycles. The van der Waals surface area contributed by atoms with Crippen LogP contribution in [0.3, 0.4) is 0 Å². The summed E-state index contributed by atoms with van der Waals surface area (Å²) in [5.74, 6) is 0.870. The maximum atomic E-state index is 5.76. The van der Waals surface area contributed by atoms with E-state index >= 15 is 0 Å². The molecule has 4 heteroatoms. The number of hydrogen-bond acceptors (Lipinski definition) is 4.